The maximum atomic E-state index is 12.9. The van der Waals surface area contributed by atoms with Gasteiger partial charge in [0.2, 0.25) is 0 Å². The fourth-order valence-corrected chi connectivity index (χ4v) is 2.79. The highest BCUT2D eigenvalue weighted by Crippen LogP contribution is 2.26. The largest absolute Gasteiger partial charge is 0.491 e. The number of hydrogen-bond acceptors (Lipinski definition) is 5. The van der Waals surface area contributed by atoms with Gasteiger partial charge in [0.15, 0.2) is 0 Å². The second kappa shape index (κ2) is 6.50. The topological polar surface area (TPSA) is 58.5 Å². The lowest BCUT2D eigenvalue weighted by Gasteiger charge is -2.39. The molecule has 1 fully saturated rings. The Labute approximate surface area is 134 Å². The van der Waals surface area contributed by atoms with E-state index in [1.165, 1.54) is 18.5 Å². The summed E-state index contributed by atoms with van der Waals surface area (Å²) in [7, 11) is 0. The number of aliphatic hydroxyl groups is 1. The van der Waals surface area contributed by atoms with Crippen LogP contribution < -0.4 is 9.64 Å². The maximum Gasteiger partial charge on any atom is 0.132 e. The van der Waals surface area contributed by atoms with Gasteiger partial charge in [0, 0.05) is 18.3 Å². The van der Waals surface area contributed by atoms with E-state index in [0.29, 0.717) is 18.7 Å². The van der Waals surface area contributed by atoms with E-state index in [0.717, 1.165) is 24.5 Å². The molecule has 1 aliphatic heterocycles. The Morgan fingerprint density at radius 3 is 2.83 bits per heavy atom. The lowest BCUT2D eigenvalue weighted by Crippen LogP contribution is -2.52. The number of nitrogens with zero attached hydrogens (tertiary/aromatic N) is 3. The first-order chi connectivity index (χ1) is 11.0. The Hall–Kier alpha value is -2.21. The van der Waals surface area contributed by atoms with E-state index in [1.807, 2.05) is 17.9 Å². The van der Waals surface area contributed by atoms with Crippen LogP contribution in [0.15, 0.2) is 36.7 Å². The van der Waals surface area contributed by atoms with Gasteiger partial charge in [-0.3, -0.25) is 0 Å². The number of β-amino-alcohol motifs (C(OH)–C–C–N with tert-alkyl or cyclic N) is 1. The molecule has 0 unspecified atom stereocenters. The summed E-state index contributed by atoms with van der Waals surface area (Å²) < 4.78 is 18.5. The van der Waals surface area contributed by atoms with Gasteiger partial charge < -0.3 is 14.7 Å². The summed E-state index contributed by atoms with van der Waals surface area (Å²) in [6, 6.07) is 7.72. The van der Waals surface area contributed by atoms with Gasteiger partial charge >= 0.3 is 0 Å². The first-order valence-electron chi connectivity index (χ1n) is 7.68. The highest BCUT2D eigenvalue weighted by molar-refractivity contribution is 5.40. The van der Waals surface area contributed by atoms with Crippen molar-refractivity contribution >= 4 is 5.82 Å². The zero-order valence-corrected chi connectivity index (χ0v) is 13.1. The number of rotatable bonds is 4. The van der Waals surface area contributed by atoms with Crippen molar-refractivity contribution in [3.05, 3.63) is 48.2 Å². The Bertz CT molecular complexity index is 665. The van der Waals surface area contributed by atoms with Crippen molar-refractivity contribution in [2.45, 2.75) is 25.4 Å². The first-order valence-corrected chi connectivity index (χ1v) is 7.68. The molecule has 0 radical (unpaired) electrons. The number of benzene rings is 1. The SMILES string of the molecule is Cc1cc(N2CCC[C@](O)(COc3ccc(F)cc3)C2)ncn1. The molecule has 1 aliphatic rings. The van der Waals surface area contributed by atoms with Crippen molar-refractivity contribution < 1.29 is 14.2 Å². The zero-order valence-electron chi connectivity index (χ0n) is 13.1. The lowest BCUT2D eigenvalue weighted by molar-refractivity contribution is -0.0156. The van der Waals surface area contributed by atoms with Crippen LogP contribution in [0.3, 0.4) is 0 Å². The molecule has 1 saturated heterocycles. The molecule has 1 atom stereocenters. The molecule has 0 spiro atoms. The number of aryl methyl sites for hydroxylation is 1. The molecule has 0 bridgehead atoms. The van der Waals surface area contributed by atoms with Crippen molar-refractivity contribution in [1.82, 2.24) is 9.97 Å². The Balaban J connectivity index is 1.65. The Morgan fingerprint density at radius 1 is 1.30 bits per heavy atom. The third-order valence-corrected chi connectivity index (χ3v) is 3.99. The molecule has 0 amide bonds. The average molecular weight is 317 g/mol. The van der Waals surface area contributed by atoms with E-state index in [4.69, 9.17) is 4.74 Å². The molecule has 122 valence electrons. The molecular weight excluding hydrogens is 297 g/mol. The minimum Gasteiger partial charge on any atom is -0.491 e. The molecule has 3 rings (SSSR count). The molecule has 1 N–H and O–H groups in total. The Kier molecular flexibility index (Phi) is 4.43. The van der Waals surface area contributed by atoms with E-state index >= 15 is 0 Å². The van der Waals surface area contributed by atoms with Crippen LogP contribution in [0.2, 0.25) is 0 Å². The van der Waals surface area contributed by atoms with Gasteiger partial charge in [-0.05, 0) is 44.0 Å². The van der Waals surface area contributed by atoms with E-state index in [1.54, 1.807) is 12.1 Å². The van der Waals surface area contributed by atoms with Crippen LogP contribution in [0, 0.1) is 12.7 Å². The summed E-state index contributed by atoms with van der Waals surface area (Å²) in [6.45, 7) is 3.37. The first kappa shape index (κ1) is 15.7. The molecule has 6 heteroatoms. The summed E-state index contributed by atoms with van der Waals surface area (Å²) in [4.78, 5) is 10.4. The van der Waals surface area contributed by atoms with Crippen LogP contribution in [-0.4, -0.2) is 40.4 Å². The van der Waals surface area contributed by atoms with Crippen LogP contribution in [0.1, 0.15) is 18.5 Å². The zero-order chi connectivity index (χ0) is 16.3. The van der Waals surface area contributed by atoms with Crippen molar-refractivity contribution in [3.8, 4) is 5.75 Å². The van der Waals surface area contributed by atoms with Crippen LogP contribution in [0.5, 0.6) is 5.75 Å². The average Bonchev–Trinajstić information content (AvgIpc) is 2.54. The number of halogens is 1. The van der Waals surface area contributed by atoms with Gasteiger partial charge in [0.1, 0.15) is 35.9 Å². The minimum atomic E-state index is -0.953. The van der Waals surface area contributed by atoms with Crippen molar-refractivity contribution in [2.24, 2.45) is 0 Å². The van der Waals surface area contributed by atoms with Crippen LogP contribution >= 0.6 is 0 Å². The highest BCUT2D eigenvalue weighted by atomic mass is 19.1. The van der Waals surface area contributed by atoms with E-state index in [-0.39, 0.29) is 12.4 Å². The van der Waals surface area contributed by atoms with Crippen molar-refractivity contribution in [2.75, 3.05) is 24.6 Å². The molecule has 1 aromatic carbocycles. The monoisotopic (exact) mass is 317 g/mol. The summed E-state index contributed by atoms with van der Waals surface area (Å²) in [6.07, 6.45) is 3.05. The fourth-order valence-electron chi connectivity index (χ4n) is 2.79. The molecule has 23 heavy (non-hydrogen) atoms. The van der Waals surface area contributed by atoms with E-state index in [2.05, 4.69) is 9.97 Å². The number of anilines is 1. The summed E-state index contributed by atoms with van der Waals surface area (Å²) >= 11 is 0. The van der Waals surface area contributed by atoms with E-state index in [9.17, 15) is 9.50 Å². The number of piperidine rings is 1. The van der Waals surface area contributed by atoms with Crippen molar-refractivity contribution in [3.63, 3.8) is 0 Å². The summed E-state index contributed by atoms with van der Waals surface area (Å²) in [5.41, 5.74) is -0.0578. The summed E-state index contributed by atoms with van der Waals surface area (Å²) in [5, 5.41) is 10.8. The molecule has 0 aliphatic carbocycles. The van der Waals surface area contributed by atoms with Gasteiger partial charge in [0.25, 0.3) is 0 Å². The van der Waals surface area contributed by atoms with Crippen molar-refractivity contribution in [1.29, 1.82) is 0 Å². The predicted octanol–water partition coefficient (Wildman–Crippen LogP) is 2.33. The van der Waals surface area contributed by atoms with Gasteiger partial charge in [-0.1, -0.05) is 0 Å². The maximum absolute atomic E-state index is 12.9. The second-order valence-electron chi connectivity index (χ2n) is 6.01. The number of aromatic nitrogens is 2. The predicted molar refractivity (Wildman–Crippen MR) is 85.1 cm³/mol. The van der Waals surface area contributed by atoms with Crippen LogP contribution in [0.25, 0.3) is 0 Å². The number of ether oxygens (including phenoxy) is 1. The molecular formula is C17H20FN3O2. The quantitative estimate of drug-likeness (QED) is 0.938. The molecule has 2 heterocycles. The smallest absolute Gasteiger partial charge is 0.132 e. The highest BCUT2D eigenvalue weighted by Gasteiger charge is 2.34. The fraction of sp³-hybridized carbons (Fsp3) is 0.412. The Morgan fingerprint density at radius 2 is 2.09 bits per heavy atom. The molecule has 2 aromatic rings. The lowest BCUT2D eigenvalue weighted by atomic mass is 9.93. The minimum absolute atomic E-state index is 0.166. The van der Waals surface area contributed by atoms with E-state index < -0.39 is 5.60 Å². The third-order valence-electron chi connectivity index (χ3n) is 3.99. The van der Waals surface area contributed by atoms with Gasteiger partial charge in [-0.2, -0.15) is 0 Å². The molecule has 5 nitrogen and oxygen atoms in total. The van der Waals surface area contributed by atoms with Crippen LogP contribution in [0.4, 0.5) is 10.2 Å². The molecule has 1 aromatic heterocycles. The van der Waals surface area contributed by atoms with Gasteiger partial charge in [0.05, 0.1) is 6.54 Å². The third kappa shape index (κ3) is 3.96. The standard InChI is InChI=1S/C17H20FN3O2/c1-13-9-16(20-12-19-13)21-8-2-7-17(22,10-21)11-23-15-5-3-14(18)4-6-15/h3-6,9,12,22H,2,7-8,10-11H2,1H3/t17-/m1/s1. The van der Waals surface area contributed by atoms with Gasteiger partial charge in [-0.15, -0.1) is 0 Å². The normalized spacial score (nSPS) is 21.3. The second-order valence-corrected chi connectivity index (χ2v) is 6.01. The van der Waals surface area contributed by atoms with Crippen LogP contribution in [-0.2, 0) is 0 Å². The molecule has 0 saturated carbocycles. The summed E-state index contributed by atoms with van der Waals surface area (Å²) in [5.74, 6) is 1.06. The van der Waals surface area contributed by atoms with Gasteiger partial charge in [-0.25, -0.2) is 14.4 Å². The number of hydrogen-bond donors (Lipinski definition) is 1.